The van der Waals surface area contributed by atoms with Gasteiger partial charge in [0.25, 0.3) is 0 Å². The number of aliphatic hydroxyl groups excluding tert-OH is 1. The molecule has 0 amide bonds. The number of benzene rings is 3. The molecule has 0 bridgehead atoms. The maximum absolute atomic E-state index is 14.3. The Balaban J connectivity index is 1.97. The van der Waals surface area contributed by atoms with E-state index in [1.165, 1.54) is 24.3 Å². The fourth-order valence-electron chi connectivity index (χ4n) is 3.72. The molecule has 4 nitrogen and oxygen atoms in total. The van der Waals surface area contributed by atoms with Gasteiger partial charge in [0, 0.05) is 49.7 Å². The molecule has 1 unspecified atom stereocenters. The molecule has 0 aromatic heterocycles. The first-order chi connectivity index (χ1) is 18.8. The van der Waals surface area contributed by atoms with Crippen molar-refractivity contribution in [1.29, 1.82) is 0 Å². The van der Waals surface area contributed by atoms with Crippen LogP contribution in [0.4, 0.5) is 55.3 Å². The van der Waals surface area contributed by atoms with Gasteiger partial charge in [0.05, 0.1) is 6.54 Å². The van der Waals surface area contributed by atoms with Crippen LogP contribution in [0, 0.1) is 0 Å². The van der Waals surface area contributed by atoms with Gasteiger partial charge in [-0.2, -0.15) is 43.9 Å². The van der Waals surface area contributed by atoms with Gasteiger partial charge in [-0.3, -0.25) is 0 Å². The van der Waals surface area contributed by atoms with E-state index in [2.05, 4.69) is 0 Å². The lowest BCUT2D eigenvalue weighted by atomic mass is 9.99. The second-order valence-electron chi connectivity index (χ2n) is 9.28. The normalized spacial score (nSPS) is 13.6. The molecule has 3 aromatic rings. The summed E-state index contributed by atoms with van der Waals surface area (Å²) in [6, 6.07) is 14.8. The minimum atomic E-state index is -6.57. The molecule has 0 saturated carbocycles. The average molecular weight is 598 g/mol. The minimum Gasteiger partial charge on any atom is -0.457 e. The molecular formula is C27H24F10N2O2. The van der Waals surface area contributed by atoms with Gasteiger partial charge in [0.2, 0.25) is 0 Å². The second kappa shape index (κ2) is 11.7. The predicted octanol–water partition coefficient (Wildman–Crippen LogP) is 7.76. The fourth-order valence-corrected chi connectivity index (χ4v) is 3.72. The Labute approximate surface area is 228 Å². The summed E-state index contributed by atoms with van der Waals surface area (Å²) < 4.78 is 139. The van der Waals surface area contributed by atoms with Crippen molar-refractivity contribution in [1.82, 2.24) is 0 Å². The summed E-state index contributed by atoms with van der Waals surface area (Å²) in [6.45, 7) is -1.80. The van der Waals surface area contributed by atoms with Crippen molar-refractivity contribution in [3.63, 3.8) is 0 Å². The van der Waals surface area contributed by atoms with E-state index in [-0.39, 0.29) is 17.0 Å². The van der Waals surface area contributed by atoms with Crippen LogP contribution in [-0.2, 0) is 12.5 Å². The van der Waals surface area contributed by atoms with Crippen molar-refractivity contribution in [2.45, 2.75) is 36.8 Å². The van der Waals surface area contributed by atoms with Crippen LogP contribution in [0.15, 0.2) is 72.8 Å². The average Bonchev–Trinajstić information content (AvgIpc) is 2.87. The largest absolute Gasteiger partial charge is 0.460 e. The molecular weight excluding hydrogens is 574 g/mol. The van der Waals surface area contributed by atoms with Crippen molar-refractivity contribution in [3.05, 3.63) is 83.9 Å². The number of hydrogen-bond acceptors (Lipinski definition) is 4. The zero-order chi connectivity index (χ0) is 30.8. The number of alkyl halides is 10. The van der Waals surface area contributed by atoms with Crippen LogP contribution in [0.3, 0.4) is 0 Å². The van der Waals surface area contributed by atoms with Gasteiger partial charge in [0.1, 0.15) is 11.5 Å². The Kier molecular flexibility index (Phi) is 9.06. The van der Waals surface area contributed by atoms with Crippen LogP contribution in [0.25, 0.3) is 0 Å². The molecule has 41 heavy (non-hydrogen) atoms. The smallest absolute Gasteiger partial charge is 0.457 e. The predicted molar refractivity (Wildman–Crippen MR) is 132 cm³/mol. The van der Waals surface area contributed by atoms with Crippen molar-refractivity contribution < 1.29 is 53.7 Å². The fraction of sp³-hybridized carbons (Fsp3) is 0.333. The number of aliphatic hydroxyl groups is 1. The van der Waals surface area contributed by atoms with E-state index in [1.807, 2.05) is 0 Å². The van der Waals surface area contributed by atoms with Gasteiger partial charge < -0.3 is 19.6 Å². The highest BCUT2D eigenvalue weighted by Gasteiger charge is 2.73. The van der Waals surface area contributed by atoms with Crippen molar-refractivity contribution >= 4 is 11.4 Å². The Hall–Kier alpha value is -3.68. The third kappa shape index (κ3) is 7.34. The highest BCUT2D eigenvalue weighted by molar-refractivity contribution is 5.54. The van der Waals surface area contributed by atoms with E-state index >= 15 is 0 Å². The molecule has 0 aliphatic rings. The summed E-state index contributed by atoms with van der Waals surface area (Å²) in [4.78, 5) is 2.70. The van der Waals surface area contributed by atoms with Crippen LogP contribution in [0.1, 0.15) is 11.1 Å². The van der Waals surface area contributed by atoms with Crippen LogP contribution in [0.2, 0.25) is 0 Å². The number of rotatable bonds is 10. The topological polar surface area (TPSA) is 35.9 Å². The summed E-state index contributed by atoms with van der Waals surface area (Å²) in [7, 11) is 3.58. The lowest BCUT2D eigenvalue weighted by Crippen LogP contribution is -2.50. The SMILES string of the molecule is CN(C)c1cccc(Oc2cccc(N(Cc3cccc(C(F)(F)C(F)(F)C(F)(F)F)c3)CC(O)C(F)(F)F)c2)c1. The number of anilines is 2. The van der Waals surface area contributed by atoms with E-state index in [0.717, 1.165) is 22.7 Å². The summed E-state index contributed by atoms with van der Waals surface area (Å²) >= 11 is 0. The van der Waals surface area contributed by atoms with Crippen molar-refractivity contribution in [3.8, 4) is 11.5 Å². The van der Waals surface area contributed by atoms with E-state index in [9.17, 15) is 49.0 Å². The van der Waals surface area contributed by atoms with Crippen molar-refractivity contribution in [2.24, 2.45) is 0 Å². The van der Waals surface area contributed by atoms with Gasteiger partial charge in [-0.05, 0) is 35.9 Å². The minimum absolute atomic E-state index is 0.00680. The monoisotopic (exact) mass is 598 g/mol. The molecule has 1 atom stereocenters. The number of nitrogens with zero attached hydrogens (tertiary/aromatic N) is 2. The van der Waals surface area contributed by atoms with Gasteiger partial charge in [-0.1, -0.05) is 30.3 Å². The molecule has 3 rings (SSSR count). The van der Waals surface area contributed by atoms with Gasteiger partial charge in [0.15, 0.2) is 6.10 Å². The standard InChI is InChI=1S/C27H24F10N2O2/c1-38(2)19-8-4-10-21(13-19)41-22-11-5-9-20(14-22)39(16-23(40)25(30,31)32)15-17-6-3-7-18(12-17)24(28,29)26(33,34)27(35,36)37/h3-14,23,40H,15-16H2,1-2H3. The first kappa shape index (κ1) is 31.8. The van der Waals surface area contributed by atoms with E-state index in [4.69, 9.17) is 4.74 Å². The van der Waals surface area contributed by atoms with Gasteiger partial charge in [-0.15, -0.1) is 0 Å². The van der Waals surface area contributed by atoms with E-state index in [1.54, 1.807) is 43.3 Å². The molecule has 1 N–H and O–H groups in total. The summed E-state index contributed by atoms with van der Waals surface area (Å²) in [5.41, 5.74) is -1.22. The molecule has 0 spiro atoms. The highest BCUT2D eigenvalue weighted by atomic mass is 19.4. The Morgan fingerprint density at radius 3 is 1.80 bits per heavy atom. The lowest BCUT2D eigenvalue weighted by molar-refractivity contribution is -0.359. The van der Waals surface area contributed by atoms with Crippen LogP contribution in [0.5, 0.6) is 11.5 Å². The Morgan fingerprint density at radius 1 is 0.732 bits per heavy atom. The second-order valence-corrected chi connectivity index (χ2v) is 9.28. The quantitative estimate of drug-likeness (QED) is 0.242. The summed E-state index contributed by atoms with van der Waals surface area (Å²) in [6.07, 6.45) is -14.6. The van der Waals surface area contributed by atoms with Crippen molar-refractivity contribution in [2.75, 3.05) is 30.4 Å². The molecule has 0 radical (unpaired) electrons. The molecule has 0 heterocycles. The van der Waals surface area contributed by atoms with E-state index in [0.29, 0.717) is 17.9 Å². The molecule has 0 saturated heterocycles. The molecule has 0 aliphatic heterocycles. The maximum Gasteiger partial charge on any atom is 0.460 e. The summed E-state index contributed by atoms with van der Waals surface area (Å²) in [5, 5.41) is 9.72. The third-order valence-corrected chi connectivity index (χ3v) is 5.94. The number of hydrogen-bond donors (Lipinski definition) is 1. The molecule has 3 aromatic carbocycles. The zero-order valence-electron chi connectivity index (χ0n) is 21.4. The van der Waals surface area contributed by atoms with Gasteiger partial charge in [-0.25, -0.2) is 0 Å². The molecule has 14 heteroatoms. The third-order valence-electron chi connectivity index (χ3n) is 5.94. The van der Waals surface area contributed by atoms with Gasteiger partial charge >= 0.3 is 24.2 Å². The van der Waals surface area contributed by atoms with E-state index < -0.39 is 49.0 Å². The molecule has 0 aliphatic carbocycles. The molecule has 224 valence electrons. The van der Waals surface area contributed by atoms with Crippen LogP contribution in [-0.4, -0.2) is 50.1 Å². The Morgan fingerprint density at radius 2 is 1.27 bits per heavy atom. The Bertz CT molecular complexity index is 1330. The highest BCUT2D eigenvalue weighted by Crippen LogP contribution is 2.51. The first-order valence-corrected chi connectivity index (χ1v) is 11.8. The van der Waals surface area contributed by atoms with Crippen LogP contribution >= 0.6 is 0 Å². The lowest BCUT2D eigenvalue weighted by Gasteiger charge is -2.30. The number of halogens is 10. The zero-order valence-corrected chi connectivity index (χ0v) is 21.4. The molecule has 0 fully saturated rings. The number of ether oxygens (including phenoxy) is 1. The summed E-state index contributed by atoms with van der Waals surface area (Å²) in [5.74, 6) is -11.6. The van der Waals surface area contributed by atoms with Crippen LogP contribution < -0.4 is 14.5 Å². The first-order valence-electron chi connectivity index (χ1n) is 11.8. The maximum atomic E-state index is 14.3.